The fraction of sp³-hybridized carbons (Fsp3) is 0.783. The van der Waals surface area contributed by atoms with Gasteiger partial charge in [-0.1, -0.05) is 0 Å². The van der Waals surface area contributed by atoms with E-state index in [9.17, 15) is 4.55 Å². The lowest BCUT2D eigenvalue weighted by Crippen LogP contribution is -2.56. The largest absolute Gasteiger partial charge is 0.598 e. The predicted octanol–water partition coefficient (Wildman–Crippen LogP) is 3.56. The van der Waals surface area contributed by atoms with E-state index in [1.807, 2.05) is 31.6 Å². The number of nitrogens with zero attached hydrogens (tertiary/aromatic N) is 5. The Bertz CT molecular complexity index is 1020. The van der Waals surface area contributed by atoms with Crippen LogP contribution in [0.5, 0.6) is 0 Å². The van der Waals surface area contributed by atoms with E-state index in [-0.39, 0.29) is 28.5 Å². The van der Waals surface area contributed by atoms with Crippen LogP contribution in [0.1, 0.15) is 66.0 Å². The summed E-state index contributed by atoms with van der Waals surface area (Å²) in [6.45, 7) is 11.3. The van der Waals surface area contributed by atoms with Gasteiger partial charge in [0.2, 0.25) is 0 Å². The van der Waals surface area contributed by atoms with Crippen molar-refractivity contribution in [3.63, 3.8) is 0 Å². The van der Waals surface area contributed by atoms with Gasteiger partial charge in [0.25, 0.3) is 0 Å². The number of rotatable bonds is 4. The minimum absolute atomic E-state index is 0.0125. The number of nitrogens with one attached hydrogen (secondary N) is 1. The van der Waals surface area contributed by atoms with Gasteiger partial charge in [-0.05, 0) is 82.4 Å². The Kier molecular flexibility index (Phi) is 7.06. The number of fused-ring (bicyclic) bond motifs is 1. The van der Waals surface area contributed by atoms with E-state index >= 15 is 0 Å². The summed E-state index contributed by atoms with van der Waals surface area (Å²) >= 11 is 1.10. The smallest absolute Gasteiger partial charge is 0.182 e. The van der Waals surface area contributed by atoms with Crippen LogP contribution in [0, 0.1) is 9.12 Å². The average Bonchev–Trinajstić information content (AvgIpc) is 3.31. The molecule has 34 heavy (non-hydrogen) atoms. The van der Waals surface area contributed by atoms with Gasteiger partial charge in [0.05, 0.1) is 24.9 Å². The Morgan fingerprint density at radius 3 is 2.68 bits per heavy atom. The van der Waals surface area contributed by atoms with Crippen molar-refractivity contribution < 1.29 is 14.0 Å². The van der Waals surface area contributed by atoms with Crippen LogP contribution in [-0.2, 0) is 20.8 Å². The first-order valence-corrected chi connectivity index (χ1v) is 14.5. The molecule has 1 N–H and O–H groups in total. The molecule has 2 aromatic rings. The highest BCUT2D eigenvalue weighted by atomic mass is 127. The van der Waals surface area contributed by atoms with Crippen LogP contribution in [0.15, 0.2) is 6.20 Å². The summed E-state index contributed by atoms with van der Waals surface area (Å²) in [6.07, 6.45) is 6.95. The molecule has 0 saturated carbocycles. The third kappa shape index (κ3) is 4.68. The fourth-order valence-electron chi connectivity index (χ4n) is 5.27. The first-order chi connectivity index (χ1) is 16.2. The van der Waals surface area contributed by atoms with Crippen LogP contribution in [0.3, 0.4) is 0 Å². The second-order valence-corrected chi connectivity index (χ2v) is 13.8. The highest BCUT2D eigenvalue weighted by Gasteiger charge is 2.52. The van der Waals surface area contributed by atoms with Crippen molar-refractivity contribution in [2.75, 3.05) is 31.2 Å². The summed E-state index contributed by atoms with van der Waals surface area (Å²) in [5, 5.41) is 4.70. The predicted molar refractivity (Wildman–Crippen MR) is 141 cm³/mol. The molecule has 11 heteroatoms. The molecular weight excluding hydrogens is 567 g/mol. The number of hydrogen-bond donors (Lipinski definition) is 1. The van der Waals surface area contributed by atoms with Gasteiger partial charge in [0.15, 0.2) is 15.6 Å². The summed E-state index contributed by atoms with van der Waals surface area (Å²) in [4.78, 5) is 12.0. The summed E-state index contributed by atoms with van der Waals surface area (Å²) in [7, 11) is 0. The molecule has 3 aliphatic heterocycles. The quantitative estimate of drug-likeness (QED) is 0.419. The Hall–Kier alpha value is -0.730. The van der Waals surface area contributed by atoms with Gasteiger partial charge in [-0.2, -0.15) is 5.10 Å². The van der Waals surface area contributed by atoms with Crippen molar-refractivity contribution in [1.29, 1.82) is 0 Å². The van der Waals surface area contributed by atoms with Gasteiger partial charge >= 0.3 is 0 Å². The molecule has 5 heterocycles. The number of piperidine rings is 1. The Morgan fingerprint density at radius 1 is 1.24 bits per heavy atom. The number of ether oxygens (including phenoxy) is 2. The number of anilines is 1. The zero-order valence-corrected chi connectivity index (χ0v) is 23.4. The molecular formula is C23H35IN6O3S. The first-order valence-electron chi connectivity index (χ1n) is 12.2. The topological polar surface area (TPSA) is 100 Å². The molecule has 0 bridgehead atoms. The molecule has 188 valence electrons. The lowest BCUT2D eigenvalue weighted by Gasteiger charge is -2.43. The zero-order valence-electron chi connectivity index (χ0n) is 20.4. The normalized spacial score (nSPS) is 28.6. The van der Waals surface area contributed by atoms with Crippen molar-refractivity contribution >= 4 is 50.9 Å². The fourth-order valence-corrected chi connectivity index (χ4v) is 6.90. The van der Waals surface area contributed by atoms with Crippen LogP contribution >= 0.6 is 22.6 Å². The van der Waals surface area contributed by atoms with Gasteiger partial charge in [0.1, 0.15) is 16.1 Å². The number of halogens is 1. The standard InChI is InChI=1S/C23H35IN6O3S/c1-15-19(28-34(31)22(2,3)4)23(14-33-15)8-10-29(11-9-23)16-13-25-18-20(24)27-30(21(18)26-16)17-7-5-6-12-32-17/h13,15,17,19,28H,5-12,14H2,1-4H3/t15-,17-,19+,34-/m0/s1. The zero-order chi connectivity index (χ0) is 24.1. The lowest BCUT2D eigenvalue weighted by molar-refractivity contribution is -0.0372. The van der Waals surface area contributed by atoms with Crippen LogP contribution < -0.4 is 9.62 Å². The SMILES string of the molecule is C[C@@H]1OCC2(CCN(c3cnc4c(I)nn([C@@H]5CCCCO5)c4n3)CC2)[C@@H]1N[S@@+]([O-])C(C)(C)C. The van der Waals surface area contributed by atoms with Gasteiger partial charge in [-0.15, -0.1) is 4.72 Å². The third-order valence-electron chi connectivity index (χ3n) is 7.41. The van der Waals surface area contributed by atoms with Crippen LogP contribution in [0.4, 0.5) is 5.82 Å². The molecule has 0 aliphatic carbocycles. The highest BCUT2D eigenvalue weighted by Crippen LogP contribution is 2.43. The second-order valence-electron chi connectivity index (χ2n) is 10.8. The van der Waals surface area contributed by atoms with Crippen molar-refractivity contribution in [2.24, 2.45) is 5.41 Å². The molecule has 0 aromatic carbocycles. The molecule has 2 aromatic heterocycles. The van der Waals surface area contributed by atoms with Crippen molar-refractivity contribution in [2.45, 2.75) is 82.9 Å². The van der Waals surface area contributed by atoms with E-state index in [2.05, 4.69) is 39.1 Å². The van der Waals surface area contributed by atoms with Crippen LogP contribution in [0.25, 0.3) is 11.2 Å². The maximum Gasteiger partial charge on any atom is 0.182 e. The summed E-state index contributed by atoms with van der Waals surface area (Å²) in [5.74, 6) is 0.880. The highest BCUT2D eigenvalue weighted by molar-refractivity contribution is 14.1. The van der Waals surface area contributed by atoms with Crippen LogP contribution in [-0.4, -0.2) is 67.5 Å². The molecule has 0 radical (unpaired) electrons. The van der Waals surface area contributed by atoms with E-state index < -0.39 is 11.4 Å². The first kappa shape index (κ1) is 24.9. The lowest BCUT2D eigenvalue weighted by atomic mass is 9.73. The van der Waals surface area contributed by atoms with E-state index in [1.165, 1.54) is 0 Å². The summed E-state index contributed by atoms with van der Waals surface area (Å²) < 4.78 is 30.8. The third-order valence-corrected chi connectivity index (χ3v) is 9.72. The summed E-state index contributed by atoms with van der Waals surface area (Å²) in [5.41, 5.74) is 1.62. The Balaban J connectivity index is 1.33. The molecule has 0 unspecified atom stereocenters. The minimum atomic E-state index is -1.13. The van der Waals surface area contributed by atoms with Gasteiger partial charge in [-0.3, -0.25) is 0 Å². The van der Waals surface area contributed by atoms with Crippen LogP contribution in [0.2, 0.25) is 0 Å². The Labute approximate surface area is 218 Å². The monoisotopic (exact) mass is 602 g/mol. The second kappa shape index (κ2) is 9.62. The molecule has 3 fully saturated rings. The summed E-state index contributed by atoms with van der Waals surface area (Å²) in [6, 6.07) is 0.0785. The van der Waals surface area contributed by atoms with E-state index in [0.717, 1.165) is 72.5 Å². The molecule has 4 atom stereocenters. The molecule has 3 saturated heterocycles. The molecule has 9 nitrogen and oxygen atoms in total. The minimum Gasteiger partial charge on any atom is -0.598 e. The molecule has 0 amide bonds. The van der Waals surface area contributed by atoms with Gasteiger partial charge in [-0.25, -0.2) is 14.6 Å². The number of hydrogen-bond acceptors (Lipinski definition) is 8. The molecule has 1 spiro atoms. The van der Waals surface area contributed by atoms with Gasteiger partial charge in [0, 0.05) is 36.5 Å². The molecule has 3 aliphatic rings. The van der Waals surface area contributed by atoms with E-state index in [4.69, 9.17) is 24.5 Å². The molecule has 5 rings (SSSR count). The van der Waals surface area contributed by atoms with Crippen molar-refractivity contribution in [3.05, 3.63) is 9.90 Å². The van der Waals surface area contributed by atoms with E-state index in [0.29, 0.717) is 6.61 Å². The Morgan fingerprint density at radius 2 is 2.00 bits per heavy atom. The maximum atomic E-state index is 12.9. The maximum absolute atomic E-state index is 12.9. The van der Waals surface area contributed by atoms with Crippen molar-refractivity contribution in [3.8, 4) is 0 Å². The number of aromatic nitrogens is 4. The van der Waals surface area contributed by atoms with Crippen molar-refractivity contribution in [1.82, 2.24) is 24.5 Å². The van der Waals surface area contributed by atoms with Gasteiger partial charge < -0.3 is 18.9 Å². The average molecular weight is 603 g/mol. The van der Waals surface area contributed by atoms with E-state index in [1.54, 1.807) is 0 Å².